The first-order valence-electron chi connectivity index (χ1n) is 8.34. The smallest absolute Gasteiger partial charge is 0.150 e. The molecule has 1 aliphatic rings. The maximum absolute atomic E-state index is 12.6. The molecule has 0 spiro atoms. The van der Waals surface area contributed by atoms with E-state index in [1.54, 1.807) is 7.11 Å². The van der Waals surface area contributed by atoms with Gasteiger partial charge >= 0.3 is 0 Å². The van der Waals surface area contributed by atoms with Crippen LogP contribution in [0.25, 0.3) is 10.9 Å². The lowest BCUT2D eigenvalue weighted by atomic mass is 9.66. The third-order valence-electron chi connectivity index (χ3n) is 5.23. The third-order valence-corrected chi connectivity index (χ3v) is 5.23. The van der Waals surface area contributed by atoms with E-state index in [4.69, 9.17) is 4.74 Å². The molecule has 0 amide bonds. The van der Waals surface area contributed by atoms with E-state index in [1.165, 1.54) is 6.92 Å². The van der Waals surface area contributed by atoms with Gasteiger partial charge in [0.1, 0.15) is 16.9 Å². The van der Waals surface area contributed by atoms with Crippen molar-refractivity contribution in [3.8, 4) is 5.75 Å². The quantitative estimate of drug-likeness (QED) is 0.618. The zero-order valence-corrected chi connectivity index (χ0v) is 14.3. The first-order chi connectivity index (χ1) is 11.5. The van der Waals surface area contributed by atoms with E-state index in [-0.39, 0.29) is 11.6 Å². The Morgan fingerprint density at radius 2 is 2.12 bits per heavy atom. The standard InChI is InChI=1S/C20H23NO3/c1-14(20(15(2)22)10-5-4-6-19(20)23)13-21-11-9-16-12-17(24-3)7-8-18(16)21/h7-9,11-12H,1,4-6,10,13H2,2-3H3. The maximum Gasteiger partial charge on any atom is 0.150 e. The van der Waals surface area contributed by atoms with Crippen molar-refractivity contribution in [3.05, 3.63) is 42.6 Å². The summed E-state index contributed by atoms with van der Waals surface area (Å²) in [6.45, 7) is 6.14. The summed E-state index contributed by atoms with van der Waals surface area (Å²) in [5.74, 6) is 0.765. The van der Waals surface area contributed by atoms with Crippen LogP contribution in [0.5, 0.6) is 5.75 Å². The lowest BCUT2D eigenvalue weighted by molar-refractivity contribution is -0.139. The maximum atomic E-state index is 12.6. The van der Waals surface area contributed by atoms with Gasteiger partial charge in [0.05, 0.1) is 7.11 Å². The summed E-state index contributed by atoms with van der Waals surface area (Å²) in [5, 5.41) is 1.06. The van der Waals surface area contributed by atoms with Crippen LogP contribution >= 0.6 is 0 Å². The van der Waals surface area contributed by atoms with Gasteiger partial charge in [-0.3, -0.25) is 9.59 Å². The molecule has 1 aromatic heterocycles. The fraction of sp³-hybridized carbons (Fsp3) is 0.400. The van der Waals surface area contributed by atoms with Crippen LogP contribution in [0.2, 0.25) is 0 Å². The normalized spacial score (nSPS) is 21.0. The van der Waals surface area contributed by atoms with Gasteiger partial charge in [-0.15, -0.1) is 0 Å². The number of Topliss-reactive ketones (excluding diaryl/α,β-unsaturated/α-hetero) is 2. The fourth-order valence-corrected chi connectivity index (χ4v) is 3.81. The molecule has 1 aliphatic carbocycles. The molecular weight excluding hydrogens is 302 g/mol. The van der Waals surface area contributed by atoms with Gasteiger partial charge in [-0.1, -0.05) is 13.0 Å². The average Bonchev–Trinajstić information content (AvgIpc) is 2.97. The van der Waals surface area contributed by atoms with Crippen molar-refractivity contribution in [1.29, 1.82) is 0 Å². The molecule has 0 radical (unpaired) electrons. The number of fused-ring (bicyclic) bond motifs is 1. The van der Waals surface area contributed by atoms with Crippen molar-refractivity contribution in [2.45, 2.75) is 39.2 Å². The molecule has 4 nitrogen and oxygen atoms in total. The van der Waals surface area contributed by atoms with E-state index in [0.717, 1.165) is 29.5 Å². The molecule has 1 fully saturated rings. The lowest BCUT2D eigenvalue weighted by Crippen LogP contribution is -2.42. The van der Waals surface area contributed by atoms with E-state index in [9.17, 15) is 9.59 Å². The highest BCUT2D eigenvalue weighted by Crippen LogP contribution is 2.41. The summed E-state index contributed by atoms with van der Waals surface area (Å²) in [4.78, 5) is 24.9. The zero-order chi connectivity index (χ0) is 17.3. The van der Waals surface area contributed by atoms with Crippen molar-refractivity contribution in [2.24, 2.45) is 5.41 Å². The van der Waals surface area contributed by atoms with E-state index in [1.807, 2.05) is 35.0 Å². The predicted octanol–water partition coefficient (Wildman–Crippen LogP) is 3.92. The van der Waals surface area contributed by atoms with Gasteiger partial charge in [0.25, 0.3) is 0 Å². The molecular formula is C20H23NO3. The number of carbonyl (C=O) groups is 2. The second-order valence-corrected chi connectivity index (χ2v) is 6.56. The number of rotatable bonds is 5. The van der Waals surface area contributed by atoms with Crippen LogP contribution in [0.15, 0.2) is 42.6 Å². The Morgan fingerprint density at radius 3 is 2.79 bits per heavy atom. The Bertz CT molecular complexity index is 817. The predicted molar refractivity (Wildman–Crippen MR) is 94.2 cm³/mol. The summed E-state index contributed by atoms with van der Waals surface area (Å²) >= 11 is 0. The molecule has 0 saturated heterocycles. The first kappa shape index (κ1) is 16.5. The molecule has 126 valence electrons. The summed E-state index contributed by atoms with van der Waals surface area (Å²) in [7, 11) is 1.64. The number of allylic oxidation sites excluding steroid dienone is 1. The number of hydrogen-bond donors (Lipinski definition) is 0. The number of benzene rings is 1. The van der Waals surface area contributed by atoms with Gasteiger partial charge in [-0.2, -0.15) is 0 Å². The molecule has 0 bridgehead atoms. The second-order valence-electron chi connectivity index (χ2n) is 6.56. The highest BCUT2D eigenvalue weighted by Gasteiger charge is 2.46. The fourth-order valence-electron chi connectivity index (χ4n) is 3.81. The summed E-state index contributed by atoms with van der Waals surface area (Å²) in [6.07, 6.45) is 4.80. The molecule has 1 atom stereocenters. The number of nitrogens with zero attached hydrogens (tertiary/aromatic N) is 1. The number of ether oxygens (including phenoxy) is 1. The molecule has 1 saturated carbocycles. The monoisotopic (exact) mass is 325 g/mol. The van der Waals surface area contributed by atoms with Gasteiger partial charge in [-0.25, -0.2) is 0 Å². The van der Waals surface area contributed by atoms with E-state index in [2.05, 4.69) is 6.58 Å². The van der Waals surface area contributed by atoms with E-state index in [0.29, 0.717) is 25.0 Å². The Balaban J connectivity index is 1.93. The lowest BCUT2D eigenvalue weighted by Gasteiger charge is -2.35. The van der Waals surface area contributed by atoms with Crippen LogP contribution in [-0.2, 0) is 16.1 Å². The highest BCUT2D eigenvalue weighted by molar-refractivity contribution is 6.09. The van der Waals surface area contributed by atoms with Gasteiger partial charge in [0.2, 0.25) is 0 Å². The summed E-state index contributed by atoms with van der Waals surface area (Å²) in [5.41, 5.74) is 0.744. The largest absolute Gasteiger partial charge is 0.497 e. The van der Waals surface area contributed by atoms with Crippen LogP contribution in [0.1, 0.15) is 32.6 Å². The third kappa shape index (κ3) is 2.56. The second kappa shape index (κ2) is 6.27. The molecule has 1 aromatic carbocycles. The zero-order valence-electron chi connectivity index (χ0n) is 14.3. The Kier molecular flexibility index (Phi) is 4.31. The van der Waals surface area contributed by atoms with Crippen LogP contribution in [0.4, 0.5) is 0 Å². The first-order valence-corrected chi connectivity index (χ1v) is 8.34. The molecule has 1 unspecified atom stereocenters. The van der Waals surface area contributed by atoms with Gasteiger partial charge in [0, 0.05) is 30.1 Å². The van der Waals surface area contributed by atoms with Crippen molar-refractivity contribution in [2.75, 3.05) is 7.11 Å². The highest BCUT2D eigenvalue weighted by atomic mass is 16.5. The molecule has 1 heterocycles. The molecule has 24 heavy (non-hydrogen) atoms. The van der Waals surface area contributed by atoms with Crippen molar-refractivity contribution >= 4 is 22.5 Å². The van der Waals surface area contributed by atoms with Gasteiger partial charge in [0.15, 0.2) is 5.78 Å². The SMILES string of the molecule is C=C(Cn1ccc2cc(OC)ccc21)C1(C(C)=O)CCCCC1=O. The molecule has 0 N–H and O–H groups in total. The van der Waals surface area contributed by atoms with Crippen LogP contribution in [0.3, 0.4) is 0 Å². The topological polar surface area (TPSA) is 48.3 Å². The number of aromatic nitrogens is 1. The summed E-state index contributed by atoms with van der Waals surface area (Å²) < 4.78 is 7.30. The van der Waals surface area contributed by atoms with Crippen LogP contribution < -0.4 is 4.74 Å². The van der Waals surface area contributed by atoms with Gasteiger partial charge < -0.3 is 9.30 Å². The molecule has 4 heteroatoms. The molecule has 3 rings (SSSR count). The van der Waals surface area contributed by atoms with E-state index >= 15 is 0 Å². The Labute approximate surface area is 142 Å². The number of hydrogen-bond acceptors (Lipinski definition) is 3. The number of methoxy groups -OCH3 is 1. The minimum absolute atomic E-state index is 0.0318. The minimum Gasteiger partial charge on any atom is -0.497 e. The minimum atomic E-state index is -0.999. The Hall–Kier alpha value is -2.36. The van der Waals surface area contributed by atoms with Crippen molar-refractivity contribution in [3.63, 3.8) is 0 Å². The van der Waals surface area contributed by atoms with Gasteiger partial charge in [-0.05, 0) is 49.6 Å². The van der Waals surface area contributed by atoms with Crippen LogP contribution in [-0.4, -0.2) is 23.2 Å². The summed E-state index contributed by atoms with van der Waals surface area (Å²) in [6, 6.07) is 7.88. The molecule has 0 aliphatic heterocycles. The van der Waals surface area contributed by atoms with Crippen molar-refractivity contribution < 1.29 is 14.3 Å². The number of carbonyl (C=O) groups excluding carboxylic acids is 2. The van der Waals surface area contributed by atoms with Crippen LogP contribution in [0, 0.1) is 5.41 Å². The van der Waals surface area contributed by atoms with E-state index < -0.39 is 5.41 Å². The number of ketones is 2. The molecule has 2 aromatic rings. The average molecular weight is 325 g/mol. The Morgan fingerprint density at radius 1 is 1.33 bits per heavy atom. The van der Waals surface area contributed by atoms with Crippen molar-refractivity contribution in [1.82, 2.24) is 4.57 Å².